The van der Waals surface area contributed by atoms with Gasteiger partial charge in [-0.2, -0.15) is 0 Å². The van der Waals surface area contributed by atoms with Crippen molar-refractivity contribution in [1.82, 2.24) is 19.5 Å². The van der Waals surface area contributed by atoms with Gasteiger partial charge in [0, 0.05) is 13.8 Å². The molecular weight excluding hydrogens is 364 g/mol. The summed E-state index contributed by atoms with van der Waals surface area (Å²) in [6, 6.07) is 0. The van der Waals surface area contributed by atoms with E-state index in [2.05, 4.69) is 15.0 Å². The van der Waals surface area contributed by atoms with Crippen LogP contribution in [0.3, 0.4) is 0 Å². The van der Waals surface area contributed by atoms with Crippen molar-refractivity contribution in [3.63, 3.8) is 0 Å². The van der Waals surface area contributed by atoms with Gasteiger partial charge in [0.15, 0.2) is 29.6 Å². The van der Waals surface area contributed by atoms with Gasteiger partial charge in [-0.1, -0.05) is 0 Å². The summed E-state index contributed by atoms with van der Waals surface area (Å²) < 4.78 is 22.7. The first-order chi connectivity index (χ1) is 12.9. The molecule has 0 unspecified atom stereocenters. The fourth-order valence-corrected chi connectivity index (χ4v) is 3.29. The topological polar surface area (TPSA) is 152 Å². The van der Waals surface area contributed by atoms with Crippen LogP contribution in [0, 0.1) is 0 Å². The summed E-state index contributed by atoms with van der Waals surface area (Å²) in [5.74, 6) is -2.13. The summed E-state index contributed by atoms with van der Waals surface area (Å²) in [5.41, 5.74) is -0.224. The van der Waals surface area contributed by atoms with Crippen molar-refractivity contribution >= 4 is 29.1 Å². The number of hydrogen-bond donors (Lipinski definition) is 1. The molecule has 4 heterocycles. The van der Waals surface area contributed by atoms with Crippen LogP contribution >= 0.6 is 0 Å². The molecule has 5 atom stereocenters. The van der Waals surface area contributed by atoms with E-state index >= 15 is 0 Å². The molecule has 0 aliphatic carbocycles. The lowest BCUT2D eigenvalue weighted by molar-refractivity contribution is -0.174. The Morgan fingerprint density at radius 2 is 1.89 bits per heavy atom. The van der Waals surface area contributed by atoms with E-state index in [0.717, 1.165) is 6.92 Å². The van der Waals surface area contributed by atoms with Crippen LogP contribution in [0.1, 0.15) is 20.1 Å². The van der Waals surface area contributed by atoms with Gasteiger partial charge < -0.3 is 23.9 Å². The van der Waals surface area contributed by atoms with Gasteiger partial charge in [-0.15, -0.1) is 0 Å². The summed E-state index contributed by atoms with van der Waals surface area (Å²) in [6.45, 7) is 2.33. The Balaban J connectivity index is 1.76. The van der Waals surface area contributed by atoms with Crippen LogP contribution in [0.25, 0.3) is 11.2 Å². The predicted octanol–water partition coefficient (Wildman–Crippen LogP) is -1.19. The van der Waals surface area contributed by atoms with Crippen molar-refractivity contribution in [3.8, 4) is 0 Å². The molecule has 2 aliphatic heterocycles. The van der Waals surface area contributed by atoms with Gasteiger partial charge in [-0.25, -0.2) is 14.8 Å². The molecule has 0 bridgehead atoms. The molecule has 12 heteroatoms. The van der Waals surface area contributed by atoms with Crippen LogP contribution < -0.4 is 5.56 Å². The predicted molar refractivity (Wildman–Crippen MR) is 83.0 cm³/mol. The van der Waals surface area contributed by atoms with Crippen molar-refractivity contribution in [2.45, 2.75) is 44.5 Å². The molecule has 0 saturated carbocycles. The van der Waals surface area contributed by atoms with E-state index in [4.69, 9.17) is 18.9 Å². The third-order valence-electron chi connectivity index (χ3n) is 4.25. The van der Waals surface area contributed by atoms with Gasteiger partial charge >= 0.3 is 17.9 Å². The summed E-state index contributed by atoms with van der Waals surface area (Å²) in [6.07, 6.45) is -2.93. The molecule has 2 aromatic heterocycles. The minimum absolute atomic E-state index is 0.0926. The molecule has 4 rings (SSSR count). The van der Waals surface area contributed by atoms with E-state index in [0.29, 0.717) is 0 Å². The third-order valence-corrected chi connectivity index (χ3v) is 4.25. The van der Waals surface area contributed by atoms with Gasteiger partial charge in [0.25, 0.3) is 5.56 Å². The average Bonchev–Trinajstić information content (AvgIpc) is 3.23. The average molecular weight is 378 g/mol. The molecule has 12 nitrogen and oxygen atoms in total. The Morgan fingerprint density at radius 3 is 2.59 bits per heavy atom. The van der Waals surface area contributed by atoms with E-state index in [1.165, 1.54) is 24.1 Å². The summed E-state index contributed by atoms with van der Waals surface area (Å²) in [7, 11) is 0. The number of nitrogens with one attached hydrogen (secondary N) is 1. The van der Waals surface area contributed by atoms with Crippen molar-refractivity contribution in [2.24, 2.45) is 0 Å². The lowest BCUT2D eigenvalue weighted by Gasteiger charge is -2.22. The number of aromatic amines is 1. The second-order valence-electron chi connectivity index (χ2n) is 6.05. The van der Waals surface area contributed by atoms with Crippen LogP contribution in [-0.2, 0) is 33.3 Å². The smallest absolute Gasteiger partial charge is 0.350 e. The molecule has 142 valence electrons. The number of hydrogen-bond acceptors (Lipinski definition) is 10. The molecule has 2 fully saturated rings. The normalized spacial score (nSPS) is 29.4. The van der Waals surface area contributed by atoms with Crippen LogP contribution in [0.5, 0.6) is 0 Å². The number of esters is 3. The third kappa shape index (κ3) is 2.73. The number of rotatable bonds is 3. The number of imidazole rings is 1. The molecule has 1 N–H and O–H groups in total. The van der Waals surface area contributed by atoms with Gasteiger partial charge in [0.2, 0.25) is 6.10 Å². The van der Waals surface area contributed by atoms with Gasteiger partial charge in [-0.05, 0) is 0 Å². The fourth-order valence-electron chi connectivity index (χ4n) is 3.29. The molecule has 27 heavy (non-hydrogen) atoms. The Kier molecular flexibility index (Phi) is 3.91. The highest BCUT2D eigenvalue weighted by molar-refractivity contribution is 5.82. The van der Waals surface area contributed by atoms with Crippen molar-refractivity contribution < 1.29 is 33.3 Å². The Hall–Kier alpha value is -3.28. The highest BCUT2D eigenvalue weighted by Crippen LogP contribution is 2.40. The maximum atomic E-state index is 12.2. The first kappa shape index (κ1) is 17.1. The number of carbonyl (C=O) groups is 3. The minimum Gasteiger partial charge on any atom is -0.454 e. The van der Waals surface area contributed by atoms with Crippen LogP contribution in [0.15, 0.2) is 17.4 Å². The zero-order valence-electron chi connectivity index (χ0n) is 14.1. The molecular formula is C15H14N4O8. The molecule has 0 radical (unpaired) electrons. The van der Waals surface area contributed by atoms with Crippen molar-refractivity contribution in [1.29, 1.82) is 0 Å². The maximum Gasteiger partial charge on any atom is 0.350 e. The first-order valence-electron chi connectivity index (χ1n) is 7.97. The first-order valence-corrected chi connectivity index (χ1v) is 7.97. The Morgan fingerprint density at radius 1 is 1.15 bits per heavy atom. The molecule has 0 spiro atoms. The number of carbonyl (C=O) groups excluding carboxylic acids is 3. The van der Waals surface area contributed by atoms with Gasteiger partial charge in [0.1, 0.15) is 12.4 Å². The van der Waals surface area contributed by atoms with Crippen molar-refractivity contribution in [3.05, 3.63) is 23.0 Å². The minimum atomic E-state index is -1.30. The van der Waals surface area contributed by atoms with E-state index in [1.54, 1.807) is 0 Å². The Bertz CT molecular complexity index is 997. The van der Waals surface area contributed by atoms with Crippen molar-refractivity contribution in [2.75, 3.05) is 0 Å². The van der Waals surface area contributed by atoms with Crippen LogP contribution in [-0.4, -0.2) is 61.8 Å². The highest BCUT2D eigenvalue weighted by atomic mass is 16.7. The van der Waals surface area contributed by atoms with Gasteiger partial charge in [0.05, 0.1) is 6.33 Å². The molecule has 2 aromatic rings. The summed E-state index contributed by atoms with van der Waals surface area (Å²) in [4.78, 5) is 57.5. The van der Waals surface area contributed by atoms with E-state index in [-0.39, 0.29) is 11.2 Å². The second kappa shape index (κ2) is 6.16. The summed E-state index contributed by atoms with van der Waals surface area (Å²) in [5, 5.41) is 0. The lowest BCUT2D eigenvalue weighted by Crippen LogP contribution is -2.36. The number of fused-ring (bicyclic) bond motifs is 2. The van der Waals surface area contributed by atoms with Crippen LogP contribution in [0.4, 0.5) is 0 Å². The maximum absolute atomic E-state index is 12.2. The molecule has 2 saturated heterocycles. The highest BCUT2D eigenvalue weighted by Gasteiger charge is 2.61. The lowest BCUT2D eigenvalue weighted by atomic mass is 10.1. The Labute approximate surface area is 150 Å². The van der Waals surface area contributed by atoms with E-state index in [9.17, 15) is 19.2 Å². The number of nitrogens with zero attached hydrogens (tertiary/aromatic N) is 3. The number of ether oxygens (including phenoxy) is 4. The zero-order valence-corrected chi connectivity index (χ0v) is 14.1. The van der Waals surface area contributed by atoms with E-state index in [1.807, 2.05) is 0 Å². The molecule has 0 amide bonds. The van der Waals surface area contributed by atoms with Gasteiger partial charge in [-0.3, -0.25) is 19.0 Å². The largest absolute Gasteiger partial charge is 0.454 e. The zero-order chi connectivity index (χ0) is 19.3. The van der Waals surface area contributed by atoms with Crippen LogP contribution in [0.2, 0.25) is 0 Å². The monoisotopic (exact) mass is 378 g/mol. The quantitative estimate of drug-likeness (QED) is 0.509. The summed E-state index contributed by atoms with van der Waals surface area (Å²) >= 11 is 0. The second-order valence-corrected chi connectivity index (χ2v) is 6.05. The van der Waals surface area contributed by atoms with E-state index < -0.39 is 54.1 Å². The standard InChI is InChI=1S/C15H14N4O8/c1-5(20)24-10-8-9(11(15(23)27-8)25-6(2)21)26-14(10)19-4-18-12-7(19)13(22)17-3-16-12/h3-4,8-11,14H,1-2H3,(H,16,17,22)/t8-,9+,10+,11+,14+/m1/s1. The molecule has 0 aromatic carbocycles. The molecule has 2 aliphatic rings. The number of aromatic nitrogens is 4. The number of H-pyrrole nitrogens is 1. The SMILES string of the molecule is CC(=O)O[C@H]1[C@@H]2OC(=O)[C@@H](OC(C)=O)[C@H]2O[C@@H]1n1cnc2nc[nH]c(=O)c21. The fraction of sp³-hybridized carbons (Fsp3) is 0.467.